The van der Waals surface area contributed by atoms with E-state index in [1.807, 2.05) is 6.33 Å². The van der Waals surface area contributed by atoms with Gasteiger partial charge in [0.1, 0.15) is 12.2 Å². The Hall–Kier alpha value is -0.900. The van der Waals surface area contributed by atoms with Crippen LogP contribution in [0.4, 0.5) is 0 Å². The number of nitrogens with zero attached hydrogens (tertiary/aromatic N) is 3. The van der Waals surface area contributed by atoms with Gasteiger partial charge in [0.05, 0.1) is 0 Å². The minimum absolute atomic E-state index is 0.249. The lowest BCUT2D eigenvalue weighted by molar-refractivity contribution is 0.402. The topological polar surface area (TPSA) is 42.7 Å². The van der Waals surface area contributed by atoms with E-state index in [0.29, 0.717) is 6.04 Å². The molecular formula is C11H18N4. The normalized spacial score (nSPS) is 31.0. The van der Waals surface area contributed by atoms with Crippen molar-refractivity contribution in [3.05, 3.63) is 12.2 Å². The van der Waals surface area contributed by atoms with Crippen LogP contribution in [0.15, 0.2) is 6.33 Å². The minimum atomic E-state index is 0.249. The summed E-state index contributed by atoms with van der Waals surface area (Å²) in [6, 6.07) is 0.694. The SMILES string of the molecule is CCC1(c2nncn2C2CC2)CCNC1. The van der Waals surface area contributed by atoms with Crippen molar-refractivity contribution in [2.45, 2.75) is 44.1 Å². The minimum Gasteiger partial charge on any atom is -0.316 e. The zero-order valence-electron chi connectivity index (χ0n) is 9.24. The molecule has 1 saturated carbocycles. The van der Waals surface area contributed by atoms with Gasteiger partial charge in [-0.1, -0.05) is 6.92 Å². The Kier molecular flexibility index (Phi) is 2.06. The third-order valence-electron chi connectivity index (χ3n) is 3.91. The molecule has 2 aliphatic rings. The van der Waals surface area contributed by atoms with E-state index in [1.165, 1.54) is 25.1 Å². The van der Waals surface area contributed by atoms with Gasteiger partial charge in [-0.05, 0) is 32.2 Å². The van der Waals surface area contributed by atoms with Crippen molar-refractivity contribution >= 4 is 0 Å². The highest BCUT2D eigenvalue weighted by Gasteiger charge is 2.40. The van der Waals surface area contributed by atoms with Crippen LogP contribution in [-0.2, 0) is 5.41 Å². The molecule has 1 aliphatic heterocycles. The van der Waals surface area contributed by atoms with Gasteiger partial charge >= 0.3 is 0 Å². The third kappa shape index (κ3) is 1.39. The van der Waals surface area contributed by atoms with Gasteiger partial charge in [-0.2, -0.15) is 0 Å². The first-order valence-electron chi connectivity index (χ1n) is 5.96. The second kappa shape index (κ2) is 3.30. The van der Waals surface area contributed by atoms with Gasteiger partial charge in [0.2, 0.25) is 0 Å². The summed E-state index contributed by atoms with van der Waals surface area (Å²) < 4.78 is 2.32. The average molecular weight is 206 g/mol. The van der Waals surface area contributed by atoms with E-state index in [9.17, 15) is 0 Å². The lowest BCUT2D eigenvalue weighted by Crippen LogP contribution is -2.31. The molecule has 1 saturated heterocycles. The molecule has 4 nitrogen and oxygen atoms in total. The van der Waals surface area contributed by atoms with Gasteiger partial charge in [-0.3, -0.25) is 0 Å². The Bertz CT molecular complexity index is 347. The monoisotopic (exact) mass is 206 g/mol. The molecule has 0 spiro atoms. The highest BCUT2D eigenvalue weighted by molar-refractivity contribution is 5.14. The fraction of sp³-hybridized carbons (Fsp3) is 0.818. The van der Waals surface area contributed by atoms with Crippen LogP contribution in [0.2, 0.25) is 0 Å². The first-order chi connectivity index (χ1) is 7.36. The van der Waals surface area contributed by atoms with E-state index in [1.54, 1.807) is 0 Å². The molecule has 1 aromatic rings. The summed E-state index contributed by atoms with van der Waals surface area (Å²) >= 11 is 0. The molecule has 4 heteroatoms. The first-order valence-corrected chi connectivity index (χ1v) is 5.96. The van der Waals surface area contributed by atoms with E-state index in [-0.39, 0.29) is 5.41 Å². The second-order valence-electron chi connectivity index (χ2n) is 4.85. The van der Waals surface area contributed by atoms with Crippen LogP contribution < -0.4 is 5.32 Å². The summed E-state index contributed by atoms with van der Waals surface area (Å²) in [7, 11) is 0. The number of aromatic nitrogens is 3. The van der Waals surface area contributed by atoms with Crippen LogP contribution in [0.5, 0.6) is 0 Å². The molecule has 2 heterocycles. The van der Waals surface area contributed by atoms with E-state index < -0.39 is 0 Å². The summed E-state index contributed by atoms with van der Waals surface area (Å²) in [5, 5.41) is 11.9. The van der Waals surface area contributed by atoms with E-state index >= 15 is 0 Å². The average Bonchev–Trinajstić information content (AvgIpc) is 2.84. The van der Waals surface area contributed by atoms with Crippen LogP contribution in [0, 0.1) is 0 Å². The lowest BCUT2D eigenvalue weighted by Gasteiger charge is -2.25. The fourth-order valence-electron chi connectivity index (χ4n) is 2.64. The maximum atomic E-state index is 4.38. The summed E-state index contributed by atoms with van der Waals surface area (Å²) in [6.45, 7) is 4.44. The molecule has 1 aliphatic carbocycles. The molecule has 2 fully saturated rings. The van der Waals surface area contributed by atoms with Gasteiger partial charge < -0.3 is 9.88 Å². The second-order valence-corrected chi connectivity index (χ2v) is 4.85. The molecule has 1 aromatic heterocycles. The van der Waals surface area contributed by atoms with Crippen molar-refractivity contribution in [3.8, 4) is 0 Å². The highest BCUT2D eigenvalue weighted by Crippen LogP contribution is 2.40. The summed E-state index contributed by atoms with van der Waals surface area (Å²) in [4.78, 5) is 0. The Morgan fingerprint density at radius 3 is 3.07 bits per heavy atom. The van der Waals surface area contributed by atoms with E-state index in [2.05, 4.69) is 27.0 Å². The highest BCUT2D eigenvalue weighted by atomic mass is 15.3. The van der Waals surface area contributed by atoms with Crippen molar-refractivity contribution < 1.29 is 0 Å². The Balaban J connectivity index is 1.98. The zero-order valence-corrected chi connectivity index (χ0v) is 9.24. The standard InChI is InChI=1S/C11H18N4/c1-2-11(5-6-12-7-11)10-14-13-8-15(10)9-3-4-9/h8-9,12H,2-7H2,1H3. The molecule has 1 unspecified atom stereocenters. The van der Waals surface area contributed by atoms with Gasteiger partial charge in [0, 0.05) is 18.0 Å². The molecule has 3 rings (SSSR count). The maximum Gasteiger partial charge on any atom is 0.140 e. The van der Waals surface area contributed by atoms with E-state index in [4.69, 9.17) is 0 Å². The van der Waals surface area contributed by atoms with Crippen LogP contribution in [0.3, 0.4) is 0 Å². The van der Waals surface area contributed by atoms with Gasteiger partial charge in [0.15, 0.2) is 0 Å². The fourth-order valence-corrected chi connectivity index (χ4v) is 2.64. The van der Waals surface area contributed by atoms with Crippen molar-refractivity contribution in [1.29, 1.82) is 0 Å². The van der Waals surface area contributed by atoms with E-state index in [0.717, 1.165) is 19.5 Å². The summed E-state index contributed by atoms with van der Waals surface area (Å²) in [5.74, 6) is 1.22. The smallest absolute Gasteiger partial charge is 0.140 e. The first kappa shape index (κ1) is 9.33. The number of rotatable bonds is 3. The van der Waals surface area contributed by atoms with Crippen LogP contribution >= 0.6 is 0 Å². The third-order valence-corrected chi connectivity index (χ3v) is 3.91. The molecule has 82 valence electrons. The largest absolute Gasteiger partial charge is 0.316 e. The van der Waals surface area contributed by atoms with Crippen molar-refractivity contribution in [2.75, 3.05) is 13.1 Å². The molecule has 0 amide bonds. The van der Waals surface area contributed by atoms with Gasteiger partial charge in [0.25, 0.3) is 0 Å². The molecule has 1 N–H and O–H groups in total. The Morgan fingerprint density at radius 2 is 2.47 bits per heavy atom. The summed E-state index contributed by atoms with van der Waals surface area (Å²) in [5.41, 5.74) is 0.249. The van der Waals surface area contributed by atoms with Crippen molar-refractivity contribution in [2.24, 2.45) is 0 Å². The summed E-state index contributed by atoms with van der Waals surface area (Å²) in [6.07, 6.45) is 6.89. The van der Waals surface area contributed by atoms with Crippen LogP contribution in [-0.4, -0.2) is 27.9 Å². The molecule has 15 heavy (non-hydrogen) atoms. The lowest BCUT2D eigenvalue weighted by atomic mass is 9.83. The van der Waals surface area contributed by atoms with Crippen molar-refractivity contribution in [1.82, 2.24) is 20.1 Å². The molecule has 0 aromatic carbocycles. The predicted octanol–water partition coefficient (Wildman–Crippen LogP) is 1.25. The van der Waals surface area contributed by atoms with Crippen LogP contribution in [0.25, 0.3) is 0 Å². The predicted molar refractivity (Wildman–Crippen MR) is 57.7 cm³/mol. The molecular weight excluding hydrogens is 188 g/mol. The number of hydrogen-bond acceptors (Lipinski definition) is 3. The molecule has 0 radical (unpaired) electrons. The Labute approximate surface area is 90.1 Å². The van der Waals surface area contributed by atoms with Gasteiger partial charge in [-0.25, -0.2) is 0 Å². The zero-order chi connectivity index (χ0) is 10.3. The molecule has 1 atom stereocenters. The van der Waals surface area contributed by atoms with Crippen LogP contribution in [0.1, 0.15) is 44.5 Å². The number of hydrogen-bond donors (Lipinski definition) is 1. The molecule has 0 bridgehead atoms. The maximum absolute atomic E-state index is 4.38. The van der Waals surface area contributed by atoms with Gasteiger partial charge in [-0.15, -0.1) is 10.2 Å². The quantitative estimate of drug-likeness (QED) is 0.809. The Morgan fingerprint density at radius 1 is 1.60 bits per heavy atom. The van der Waals surface area contributed by atoms with Crippen molar-refractivity contribution in [3.63, 3.8) is 0 Å². The number of nitrogens with one attached hydrogen (secondary N) is 1.